The molecule has 0 saturated heterocycles. The summed E-state index contributed by atoms with van der Waals surface area (Å²) in [6.45, 7) is 6.31. The smallest absolute Gasteiger partial charge is 0.263 e. The van der Waals surface area contributed by atoms with Crippen LogP contribution in [0.2, 0.25) is 0 Å². The molecule has 4 nitrogen and oxygen atoms in total. The van der Waals surface area contributed by atoms with Crippen molar-refractivity contribution in [2.24, 2.45) is 0 Å². The van der Waals surface area contributed by atoms with Crippen molar-refractivity contribution in [2.45, 2.75) is 32.7 Å². The number of hydrogen-bond donors (Lipinski definition) is 2. The Labute approximate surface area is 120 Å². The number of nitrogens with one attached hydrogen (secondary N) is 2. The highest BCUT2D eigenvalue weighted by molar-refractivity contribution is 5.97. The van der Waals surface area contributed by atoms with E-state index < -0.39 is 0 Å². The summed E-state index contributed by atoms with van der Waals surface area (Å²) in [6, 6.07) is 11.9. The van der Waals surface area contributed by atoms with Crippen LogP contribution in [0, 0.1) is 11.3 Å². The van der Waals surface area contributed by atoms with Crippen LogP contribution < -0.4 is 10.6 Å². The summed E-state index contributed by atoms with van der Waals surface area (Å²) in [5, 5.41) is 14.8. The SMILES string of the molecule is CC(C)(C)NC(=O)/C(C#N)=C\NCCc1ccccc1. The van der Waals surface area contributed by atoms with E-state index in [0.29, 0.717) is 6.54 Å². The van der Waals surface area contributed by atoms with E-state index in [9.17, 15) is 4.79 Å². The Kier molecular flexibility index (Phi) is 5.79. The molecular weight excluding hydrogens is 250 g/mol. The molecule has 2 N–H and O–H groups in total. The lowest BCUT2D eigenvalue weighted by atomic mass is 10.1. The second kappa shape index (κ2) is 7.34. The Bertz CT molecular complexity index is 507. The zero-order chi connectivity index (χ0) is 15.0. The third-order valence-electron chi connectivity index (χ3n) is 2.50. The van der Waals surface area contributed by atoms with E-state index in [0.717, 1.165) is 6.42 Å². The number of carbonyl (C=O) groups is 1. The molecule has 4 heteroatoms. The molecule has 0 heterocycles. The lowest BCUT2D eigenvalue weighted by Gasteiger charge is -2.20. The minimum atomic E-state index is -0.354. The van der Waals surface area contributed by atoms with Gasteiger partial charge in [-0.15, -0.1) is 0 Å². The van der Waals surface area contributed by atoms with Gasteiger partial charge in [-0.2, -0.15) is 5.26 Å². The number of amides is 1. The summed E-state index contributed by atoms with van der Waals surface area (Å²) in [7, 11) is 0. The number of nitriles is 1. The lowest BCUT2D eigenvalue weighted by Crippen LogP contribution is -2.41. The van der Waals surface area contributed by atoms with Crippen LogP contribution in [0.25, 0.3) is 0 Å². The van der Waals surface area contributed by atoms with E-state index in [1.54, 1.807) is 0 Å². The van der Waals surface area contributed by atoms with Crippen molar-refractivity contribution in [3.63, 3.8) is 0 Å². The monoisotopic (exact) mass is 271 g/mol. The summed E-state index contributed by atoms with van der Waals surface area (Å²) >= 11 is 0. The maximum atomic E-state index is 11.8. The molecule has 1 aromatic carbocycles. The second-order valence-electron chi connectivity index (χ2n) is 5.56. The first-order chi connectivity index (χ1) is 9.42. The fraction of sp³-hybridized carbons (Fsp3) is 0.375. The van der Waals surface area contributed by atoms with Gasteiger partial charge in [-0.05, 0) is 32.8 Å². The van der Waals surface area contributed by atoms with Crippen LogP contribution in [0.5, 0.6) is 0 Å². The molecule has 0 aliphatic carbocycles. The van der Waals surface area contributed by atoms with Crippen LogP contribution in [0.4, 0.5) is 0 Å². The quantitative estimate of drug-likeness (QED) is 0.490. The minimum absolute atomic E-state index is 0.0907. The average molecular weight is 271 g/mol. The maximum absolute atomic E-state index is 11.8. The van der Waals surface area contributed by atoms with Crippen LogP contribution >= 0.6 is 0 Å². The Morgan fingerprint density at radius 1 is 1.30 bits per heavy atom. The molecule has 0 fully saturated rings. The molecule has 106 valence electrons. The minimum Gasteiger partial charge on any atom is -0.389 e. The van der Waals surface area contributed by atoms with Crippen LogP contribution in [-0.4, -0.2) is 18.0 Å². The summed E-state index contributed by atoms with van der Waals surface area (Å²) in [5.41, 5.74) is 0.955. The zero-order valence-electron chi connectivity index (χ0n) is 12.2. The summed E-state index contributed by atoms with van der Waals surface area (Å²) in [6.07, 6.45) is 2.32. The van der Waals surface area contributed by atoms with Gasteiger partial charge in [-0.3, -0.25) is 4.79 Å². The predicted molar refractivity (Wildman–Crippen MR) is 79.7 cm³/mol. The zero-order valence-corrected chi connectivity index (χ0v) is 12.2. The normalized spacial score (nSPS) is 11.6. The van der Waals surface area contributed by atoms with Crippen LogP contribution in [0.3, 0.4) is 0 Å². The molecule has 0 aliphatic heterocycles. The Balaban J connectivity index is 2.46. The van der Waals surface area contributed by atoms with Crippen molar-refractivity contribution in [3.05, 3.63) is 47.7 Å². The van der Waals surface area contributed by atoms with Crippen molar-refractivity contribution < 1.29 is 4.79 Å². The largest absolute Gasteiger partial charge is 0.389 e. The number of rotatable bonds is 5. The van der Waals surface area contributed by atoms with E-state index in [1.165, 1.54) is 11.8 Å². The van der Waals surface area contributed by atoms with Crippen LogP contribution in [0.1, 0.15) is 26.3 Å². The molecular formula is C16H21N3O. The van der Waals surface area contributed by atoms with Crippen molar-refractivity contribution >= 4 is 5.91 Å². The third-order valence-corrected chi connectivity index (χ3v) is 2.50. The molecule has 0 aromatic heterocycles. The summed E-state index contributed by atoms with van der Waals surface area (Å²) in [5.74, 6) is -0.354. The second-order valence-corrected chi connectivity index (χ2v) is 5.56. The molecule has 0 bridgehead atoms. The first-order valence-corrected chi connectivity index (χ1v) is 6.62. The number of carbonyl (C=O) groups excluding carboxylic acids is 1. The molecule has 0 saturated carbocycles. The molecule has 0 unspecified atom stereocenters. The molecule has 0 atom stereocenters. The van der Waals surface area contributed by atoms with E-state index >= 15 is 0 Å². The Morgan fingerprint density at radius 2 is 1.95 bits per heavy atom. The van der Waals surface area contributed by atoms with Gasteiger partial charge in [0, 0.05) is 18.3 Å². The molecule has 1 rings (SSSR count). The fourth-order valence-electron chi connectivity index (χ4n) is 1.59. The Morgan fingerprint density at radius 3 is 2.50 bits per heavy atom. The van der Waals surface area contributed by atoms with Gasteiger partial charge in [-0.25, -0.2) is 0 Å². The first kappa shape index (κ1) is 15.8. The van der Waals surface area contributed by atoms with E-state index in [-0.39, 0.29) is 17.0 Å². The molecule has 1 amide bonds. The predicted octanol–water partition coefficient (Wildman–Crippen LogP) is 2.14. The van der Waals surface area contributed by atoms with Gasteiger partial charge in [0.1, 0.15) is 11.6 Å². The van der Waals surface area contributed by atoms with Gasteiger partial charge in [0.05, 0.1) is 0 Å². The Hall–Kier alpha value is -2.28. The van der Waals surface area contributed by atoms with Gasteiger partial charge in [0.25, 0.3) is 5.91 Å². The van der Waals surface area contributed by atoms with Crippen molar-refractivity contribution in [2.75, 3.05) is 6.54 Å². The molecule has 0 radical (unpaired) electrons. The topological polar surface area (TPSA) is 64.9 Å². The van der Waals surface area contributed by atoms with Crippen molar-refractivity contribution in [1.82, 2.24) is 10.6 Å². The highest BCUT2D eigenvalue weighted by Gasteiger charge is 2.16. The van der Waals surface area contributed by atoms with Crippen LogP contribution in [0.15, 0.2) is 42.1 Å². The molecule has 0 aliphatic rings. The molecule has 1 aromatic rings. The van der Waals surface area contributed by atoms with Crippen LogP contribution in [-0.2, 0) is 11.2 Å². The molecule has 0 spiro atoms. The average Bonchev–Trinajstić information content (AvgIpc) is 2.38. The van der Waals surface area contributed by atoms with E-state index in [2.05, 4.69) is 10.6 Å². The van der Waals surface area contributed by atoms with Crippen molar-refractivity contribution in [1.29, 1.82) is 5.26 Å². The highest BCUT2D eigenvalue weighted by atomic mass is 16.1. The number of benzene rings is 1. The van der Waals surface area contributed by atoms with Gasteiger partial charge in [-0.1, -0.05) is 30.3 Å². The maximum Gasteiger partial charge on any atom is 0.263 e. The fourth-order valence-corrected chi connectivity index (χ4v) is 1.59. The standard InChI is InChI=1S/C16H21N3O/c1-16(2,3)19-15(20)14(11-17)12-18-10-9-13-7-5-4-6-8-13/h4-8,12,18H,9-10H2,1-3H3,(H,19,20)/b14-12-. The van der Waals surface area contributed by atoms with Gasteiger partial charge < -0.3 is 10.6 Å². The number of hydrogen-bond acceptors (Lipinski definition) is 3. The lowest BCUT2D eigenvalue weighted by molar-refractivity contribution is -0.118. The van der Waals surface area contributed by atoms with Gasteiger partial charge in [0.2, 0.25) is 0 Å². The summed E-state index contributed by atoms with van der Waals surface area (Å²) < 4.78 is 0. The van der Waals surface area contributed by atoms with Gasteiger partial charge >= 0.3 is 0 Å². The number of nitrogens with zero attached hydrogens (tertiary/aromatic N) is 1. The highest BCUT2D eigenvalue weighted by Crippen LogP contribution is 2.02. The van der Waals surface area contributed by atoms with E-state index in [1.807, 2.05) is 57.2 Å². The summed E-state index contributed by atoms with van der Waals surface area (Å²) in [4.78, 5) is 11.8. The van der Waals surface area contributed by atoms with Crippen molar-refractivity contribution in [3.8, 4) is 6.07 Å². The van der Waals surface area contributed by atoms with Gasteiger partial charge in [0.15, 0.2) is 0 Å². The first-order valence-electron chi connectivity index (χ1n) is 6.62. The van der Waals surface area contributed by atoms with E-state index in [4.69, 9.17) is 5.26 Å². The molecule has 20 heavy (non-hydrogen) atoms. The third kappa shape index (κ3) is 6.05.